The van der Waals surface area contributed by atoms with Gasteiger partial charge in [-0.15, -0.1) is 11.6 Å². The minimum Gasteiger partial charge on any atom is -0.492 e. The SMILES string of the molecule is CC.CC(=N)c1cc(OCCCl)ccc1N. The van der Waals surface area contributed by atoms with Crippen molar-refractivity contribution in [1.29, 1.82) is 5.41 Å². The van der Waals surface area contributed by atoms with Crippen molar-refractivity contribution in [2.45, 2.75) is 20.8 Å². The Morgan fingerprint density at radius 2 is 2.06 bits per heavy atom. The average Bonchev–Trinajstić information content (AvgIpc) is 2.30. The highest BCUT2D eigenvalue weighted by Crippen LogP contribution is 2.20. The van der Waals surface area contributed by atoms with Crippen LogP contribution >= 0.6 is 11.6 Å². The minimum absolute atomic E-state index is 0.429. The summed E-state index contributed by atoms with van der Waals surface area (Å²) in [4.78, 5) is 0. The van der Waals surface area contributed by atoms with Crippen LogP contribution in [0.4, 0.5) is 5.69 Å². The quantitative estimate of drug-likeness (QED) is 0.484. The summed E-state index contributed by atoms with van der Waals surface area (Å²) in [5, 5.41) is 7.49. The second-order valence-electron chi connectivity index (χ2n) is 2.91. The minimum atomic E-state index is 0.429. The van der Waals surface area contributed by atoms with Gasteiger partial charge in [-0.05, 0) is 25.1 Å². The van der Waals surface area contributed by atoms with E-state index in [-0.39, 0.29) is 0 Å². The van der Waals surface area contributed by atoms with Gasteiger partial charge in [-0.2, -0.15) is 0 Å². The van der Waals surface area contributed by atoms with Crippen LogP contribution in [-0.2, 0) is 0 Å². The molecule has 0 aliphatic carbocycles. The van der Waals surface area contributed by atoms with E-state index in [1.807, 2.05) is 13.8 Å². The first-order chi connectivity index (χ1) is 7.65. The number of halogens is 1. The van der Waals surface area contributed by atoms with Crippen LogP contribution in [0.5, 0.6) is 5.75 Å². The molecule has 3 N–H and O–H groups in total. The zero-order valence-corrected chi connectivity index (χ0v) is 10.8. The summed E-state index contributed by atoms with van der Waals surface area (Å²) in [6.45, 7) is 6.15. The van der Waals surface area contributed by atoms with Gasteiger partial charge in [0.15, 0.2) is 0 Å². The van der Waals surface area contributed by atoms with Crippen molar-refractivity contribution in [3.05, 3.63) is 23.8 Å². The van der Waals surface area contributed by atoms with Gasteiger partial charge in [0.25, 0.3) is 0 Å². The van der Waals surface area contributed by atoms with Crippen LogP contribution in [0.1, 0.15) is 26.3 Å². The first-order valence-electron chi connectivity index (χ1n) is 5.29. The van der Waals surface area contributed by atoms with Crippen molar-refractivity contribution in [1.82, 2.24) is 0 Å². The van der Waals surface area contributed by atoms with Crippen LogP contribution in [-0.4, -0.2) is 18.2 Å². The number of benzene rings is 1. The van der Waals surface area contributed by atoms with Crippen LogP contribution < -0.4 is 10.5 Å². The third-order valence-electron chi connectivity index (χ3n) is 1.77. The van der Waals surface area contributed by atoms with Crippen LogP contribution in [0.15, 0.2) is 18.2 Å². The zero-order chi connectivity index (χ0) is 12.6. The van der Waals surface area contributed by atoms with Gasteiger partial charge in [0.2, 0.25) is 0 Å². The van der Waals surface area contributed by atoms with Gasteiger partial charge >= 0.3 is 0 Å². The van der Waals surface area contributed by atoms with E-state index in [2.05, 4.69) is 0 Å². The fraction of sp³-hybridized carbons (Fsp3) is 0.417. The lowest BCUT2D eigenvalue weighted by atomic mass is 10.1. The molecular weight excluding hydrogens is 224 g/mol. The first-order valence-corrected chi connectivity index (χ1v) is 5.82. The summed E-state index contributed by atoms with van der Waals surface area (Å²) in [5.74, 6) is 1.14. The molecule has 0 fully saturated rings. The van der Waals surface area contributed by atoms with Crippen LogP contribution in [0.25, 0.3) is 0 Å². The van der Waals surface area contributed by atoms with Gasteiger partial charge in [-0.3, -0.25) is 0 Å². The Morgan fingerprint density at radius 3 is 2.56 bits per heavy atom. The molecule has 1 rings (SSSR count). The van der Waals surface area contributed by atoms with E-state index in [0.717, 1.165) is 0 Å². The Morgan fingerprint density at radius 1 is 1.44 bits per heavy atom. The summed E-state index contributed by atoms with van der Waals surface area (Å²) in [5.41, 5.74) is 7.42. The second-order valence-corrected chi connectivity index (χ2v) is 3.29. The Balaban J connectivity index is 0.00000106. The maximum absolute atomic E-state index is 7.49. The number of alkyl halides is 1. The number of nitrogens with two attached hydrogens (primary N) is 1. The maximum Gasteiger partial charge on any atom is 0.120 e. The molecule has 16 heavy (non-hydrogen) atoms. The third kappa shape index (κ3) is 4.53. The smallest absolute Gasteiger partial charge is 0.120 e. The Bertz CT molecular complexity index is 340. The van der Waals surface area contributed by atoms with Crippen molar-refractivity contribution in [3.8, 4) is 5.75 Å². The first kappa shape index (κ1) is 14.8. The average molecular weight is 243 g/mol. The van der Waals surface area contributed by atoms with E-state index in [1.54, 1.807) is 25.1 Å². The molecule has 0 aliphatic rings. The lowest BCUT2D eigenvalue weighted by molar-refractivity contribution is 0.343. The number of anilines is 1. The predicted molar refractivity (Wildman–Crippen MR) is 70.9 cm³/mol. The lowest BCUT2D eigenvalue weighted by Gasteiger charge is -2.08. The normalized spacial score (nSPS) is 9.00. The number of nitrogen functional groups attached to an aromatic ring is 1. The Labute approximate surface area is 102 Å². The Kier molecular flexibility index (Phi) is 7.38. The van der Waals surface area contributed by atoms with Gasteiger partial charge in [0.1, 0.15) is 12.4 Å². The van der Waals surface area contributed by atoms with Gasteiger partial charge in [-0.25, -0.2) is 0 Å². The molecule has 0 aromatic heterocycles. The topological polar surface area (TPSA) is 59.1 Å². The van der Waals surface area contributed by atoms with Crippen molar-refractivity contribution in [3.63, 3.8) is 0 Å². The molecule has 0 atom stereocenters. The molecule has 0 unspecified atom stereocenters. The van der Waals surface area contributed by atoms with Crippen molar-refractivity contribution < 1.29 is 4.74 Å². The maximum atomic E-state index is 7.49. The summed E-state index contributed by atoms with van der Waals surface area (Å²) in [7, 11) is 0. The molecule has 0 heterocycles. The summed E-state index contributed by atoms with van der Waals surface area (Å²) < 4.78 is 5.32. The molecule has 1 aromatic carbocycles. The molecule has 3 nitrogen and oxygen atoms in total. The van der Waals surface area contributed by atoms with Crippen molar-refractivity contribution in [2.75, 3.05) is 18.2 Å². The number of hydrogen-bond donors (Lipinski definition) is 2. The molecule has 0 amide bonds. The molecule has 0 aliphatic heterocycles. The van der Waals surface area contributed by atoms with E-state index in [0.29, 0.717) is 35.2 Å². The monoisotopic (exact) mass is 242 g/mol. The summed E-state index contributed by atoms with van der Waals surface area (Å²) >= 11 is 5.49. The number of ether oxygens (including phenoxy) is 1. The molecule has 0 saturated heterocycles. The standard InChI is InChI=1S/C10H13ClN2O.C2H6/c1-7(12)9-6-8(14-5-4-11)2-3-10(9)13;1-2/h2-3,6,12H,4-5,13H2,1H3;1-2H3. The third-order valence-corrected chi connectivity index (χ3v) is 1.93. The van der Waals surface area contributed by atoms with E-state index in [4.69, 9.17) is 27.5 Å². The fourth-order valence-corrected chi connectivity index (χ4v) is 1.18. The highest BCUT2D eigenvalue weighted by Gasteiger charge is 2.03. The molecule has 1 aromatic rings. The lowest BCUT2D eigenvalue weighted by Crippen LogP contribution is -2.02. The Hall–Kier alpha value is -1.22. The van der Waals surface area contributed by atoms with Gasteiger partial charge in [0, 0.05) is 17.0 Å². The zero-order valence-electron chi connectivity index (χ0n) is 10.0. The summed E-state index contributed by atoms with van der Waals surface area (Å²) in [6.07, 6.45) is 0. The van der Waals surface area contributed by atoms with Crippen molar-refractivity contribution >= 4 is 23.0 Å². The largest absolute Gasteiger partial charge is 0.492 e. The van der Waals surface area contributed by atoms with Crippen molar-refractivity contribution in [2.24, 2.45) is 0 Å². The van der Waals surface area contributed by atoms with E-state index >= 15 is 0 Å². The molecule has 0 radical (unpaired) electrons. The van der Waals surface area contributed by atoms with E-state index < -0.39 is 0 Å². The highest BCUT2D eigenvalue weighted by molar-refractivity contribution is 6.18. The van der Waals surface area contributed by atoms with Gasteiger partial charge in [0.05, 0.1) is 5.88 Å². The number of hydrogen-bond acceptors (Lipinski definition) is 3. The van der Waals surface area contributed by atoms with E-state index in [9.17, 15) is 0 Å². The predicted octanol–water partition coefficient (Wildman–Crippen LogP) is 3.30. The fourth-order valence-electron chi connectivity index (χ4n) is 1.11. The van der Waals surface area contributed by atoms with Gasteiger partial charge < -0.3 is 15.9 Å². The molecule has 4 heteroatoms. The molecule has 0 bridgehead atoms. The van der Waals surface area contributed by atoms with Gasteiger partial charge in [-0.1, -0.05) is 13.8 Å². The number of rotatable bonds is 4. The molecule has 90 valence electrons. The van der Waals surface area contributed by atoms with Crippen LogP contribution in [0.2, 0.25) is 0 Å². The summed E-state index contributed by atoms with van der Waals surface area (Å²) in [6, 6.07) is 5.26. The van der Waals surface area contributed by atoms with E-state index in [1.165, 1.54) is 0 Å². The van der Waals surface area contributed by atoms with Crippen LogP contribution in [0.3, 0.4) is 0 Å². The highest BCUT2D eigenvalue weighted by atomic mass is 35.5. The number of nitrogens with one attached hydrogen (secondary N) is 1. The molecule has 0 saturated carbocycles. The second kappa shape index (κ2) is 7.99. The molecule has 0 spiro atoms. The molecular formula is C12H19ClN2O. The van der Waals surface area contributed by atoms with Crippen LogP contribution in [0, 0.1) is 5.41 Å².